The number of carbonyl (C=O) groups excluding carboxylic acids is 1. The molecule has 2 heterocycles. The van der Waals surface area contributed by atoms with Gasteiger partial charge >= 0.3 is 0 Å². The Bertz CT molecular complexity index is 530. The van der Waals surface area contributed by atoms with E-state index in [-0.39, 0.29) is 48.9 Å². The molecule has 148 valence electrons. The van der Waals surface area contributed by atoms with Crippen molar-refractivity contribution in [1.82, 2.24) is 15.5 Å². The zero-order valence-electron chi connectivity index (χ0n) is 15.1. The second kappa shape index (κ2) is 11.7. The van der Waals surface area contributed by atoms with E-state index in [2.05, 4.69) is 27.7 Å². The zero-order valence-corrected chi connectivity index (χ0v) is 16.7. The van der Waals surface area contributed by atoms with Gasteiger partial charge in [-0.3, -0.25) is 9.69 Å². The first kappa shape index (κ1) is 23.1. The molecular formula is C18H29Cl2N3O3. The fraction of sp³-hybridized carbons (Fsp3) is 0.611. The molecule has 1 aromatic carbocycles. The molecule has 26 heavy (non-hydrogen) atoms. The van der Waals surface area contributed by atoms with Crippen molar-refractivity contribution in [1.29, 1.82) is 0 Å². The summed E-state index contributed by atoms with van der Waals surface area (Å²) in [7, 11) is 0. The van der Waals surface area contributed by atoms with Crippen molar-refractivity contribution in [3.8, 4) is 0 Å². The monoisotopic (exact) mass is 405 g/mol. The molecule has 2 aliphatic rings. The Labute approximate surface area is 167 Å². The highest BCUT2D eigenvalue weighted by Gasteiger charge is 2.29. The zero-order chi connectivity index (χ0) is 16.8. The van der Waals surface area contributed by atoms with Gasteiger partial charge in [0, 0.05) is 26.2 Å². The van der Waals surface area contributed by atoms with Gasteiger partial charge in [-0.2, -0.15) is 0 Å². The van der Waals surface area contributed by atoms with E-state index in [1.165, 1.54) is 5.56 Å². The molecular weight excluding hydrogens is 377 g/mol. The van der Waals surface area contributed by atoms with E-state index >= 15 is 0 Å². The summed E-state index contributed by atoms with van der Waals surface area (Å²) in [4.78, 5) is 14.9. The lowest BCUT2D eigenvalue weighted by Gasteiger charge is -2.36. The number of halogens is 2. The van der Waals surface area contributed by atoms with Crippen molar-refractivity contribution in [3.05, 3.63) is 35.9 Å². The molecule has 2 fully saturated rings. The minimum absolute atomic E-state index is 0. The number of nitrogens with one attached hydrogen (secondary N) is 2. The van der Waals surface area contributed by atoms with Gasteiger partial charge < -0.3 is 20.1 Å². The van der Waals surface area contributed by atoms with Gasteiger partial charge in [0.05, 0.1) is 32.0 Å². The predicted octanol–water partition coefficient (Wildman–Crippen LogP) is 1.40. The van der Waals surface area contributed by atoms with Crippen LogP contribution in [0.1, 0.15) is 18.5 Å². The molecule has 1 amide bonds. The Kier molecular flexibility index (Phi) is 10.5. The molecule has 2 saturated heterocycles. The Hall–Kier alpha value is -0.890. The van der Waals surface area contributed by atoms with Crippen LogP contribution in [0, 0.1) is 0 Å². The van der Waals surface area contributed by atoms with Gasteiger partial charge in [-0.05, 0) is 12.5 Å². The summed E-state index contributed by atoms with van der Waals surface area (Å²) in [6.45, 7) is 7.16. The molecule has 0 radical (unpaired) electrons. The number of amides is 1. The average molecular weight is 406 g/mol. The Morgan fingerprint density at radius 2 is 1.92 bits per heavy atom. The van der Waals surface area contributed by atoms with Crippen molar-refractivity contribution in [2.75, 3.05) is 46.0 Å². The quantitative estimate of drug-likeness (QED) is 0.774. The van der Waals surface area contributed by atoms with E-state index in [9.17, 15) is 4.79 Å². The first-order valence-electron chi connectivity index (χ1n) is 8.75. The summed E-state index contributed by atoms with van der Waals surface area (Å²) in [5.74, 6) is 0.0105. The van der Waals surface area contributed by atoms with Crippen LogP contribution < -0.4 is 10.6 Å². The van der Waals surface area contributed by atoms with E-state index in [1.807, 2.05) is 25.1 Å². The molecule has 2 N–H and O–H groups in total. The number of morpholine rings is 2. The van der Waals surface area contributed by atoms with Crippen molar-refractivity contribution in [3.63, 3.8) is 0 Å². The molecule has 0 saturated carbocycles. The second-order valence-electron chi connectivity index (χ2n) is 6.33. The van der Waals surface area contributed by atoms with E-state index in [4.69, 9.17) is 9.47 Å². The first-order valence-corrected chi connectivity index (χ1v) is 8.75. The number of benzene rings is 1. The largest absolute Gasteiger partial charge is 0.379 e. The molecule has 1 unspecified atom stereocenters. The minimum Gasteiger partial charge on any atom is -0.379 e. The van der Waals surface area contributed by atoms with Gasteiger partial charge in [0.25, 0.3) is 0 Å². The van der Waals surface area contributed by atoms with Crippen molar-refractivity contribution in [2.24, 2.45) is 0 Å². The van der Waals surface area contributed by atoms with Crippen molar-refractivity contribution < 1.29 is 14.3 Å². The van der Waals surface area contributed by atoms with Crippen molar-refractivity contribution >= 4 is 30.7 Å². The highest BCUT2D eigenvalue weighted by Crippen LogP contribution is 2.21. The van der Waals surface area contributed by atoms with E-state index in [0.717, 1.165) is 26.3 Å². The van der Waals surface area contributed by atoms with Gasteiger partial charge in [0.15, 0.2) is 0 Å². The third-order valence-corrected chi connectivity index (χ3v) is 4.74. The number of rotatable bonds is 5. The third kappa shape index (κ3) is 6.08. The molecule has 1 aromatic rings. The van der Waals surface area contributed by atoms with Crippen LogP contribution in [-0.2, 0) is 14.3 Å². The van der Waals surface area contributed by atoms with Gasteiger partial charge in [0.1, 0.15) is 6.04 Å². The molecule has 3 atom stereocenters. The number of hydrogen-bond acceptors (Lipinski definition) is 5. The maximum atomic E-state index is 12.5. The average Bonchev–Trinajstić information content (AvgIpc) is 2.64. The van der Waals surface area contributed by atoms with E-state index in [1.54, 1.807) is 0 Å². The lowest BCUT2D eigenvalue weighted by Crippen LogP contribution is -2.56. The molecule has 0 bridgehead atoms. The second-order valence-corrected chi connectivity index (χ2v) is 6.33. The van der Waals surface area contributed by atoms with Crippen LogP contribution in [0.25, 0.3) is 0 Å². The summed E-state index contributed by atoms with van der Waals surface area (Å²) in [6, 6.07) is 10.2. The van der Waals surface area contributed by atoms with Crippen molar-refractivity contribution in [2.45, 2.75) is 25.1 Å². The van der Waals surface area contributed by atoms with Crippen LogP contribution in [0.4, 0.5) is 0 Å². The predicted molar refractivity (Wildman–Crippen MR) is 106 cm³/mol. The van der Waals surface area contributed by atoms with Gasteiger partial charge in [-0.15, -0.1) is 24.8 Å². The lowest BCUT2D eigenvalue weighted by atomic mass is 10.0. The molecule has 2 aliphatic heterocycles. The van der Waals surface area contributed by atoms with Crippen LogP contribution in [-0.4, -0.2) is 69.0 Å². The van der Waals surface area contributed by atoms with E-state index < -0.39 is 0 Å². The molecule has 0 aliphatic carbocycles. The maximum absolute atomic E-state index is 12.5. The van der Waals surface area contributed by atoms with Crippen LogP contribution in [0.5, 0.6) is 0 Å². The highest BCUT2D eigenvalue weighted by atomic mass is 35.5. The minimum atomic E-state index is -0.278. The van der Waals surface area contributed by atoms with Crippen LogP contribution in [0.15, 0.2) is 30.3 Å². The standard InChI is InChI=1S/C18H27N3O3.2ClH/c1-14-17(19-7-10-24-14)18(22)20-13-16(15-5-3-2-4-6-15)21-8-11-23-12-9-21;;/h2-6,14,16-17,19H,7-13H2,1H3,(H,20,22);2*1H/t14-,16?,17+;;/m1../s1. The lowest BCUT2D eigenvalue weighted by molar-refractivity contribution is -0.129. The molecule has 6 nitrogen and oxygen atoms in total. The Morgan fingerprint density at radius 3 is 2.58 bits per heavy atom. The SMILES string of the molecule is C[C@H]1OCCN[C@@H]1C(=O)NCC(c1ccccc1)N1CCOCC1.Cl.Cl. The number of nitrogens with zero attached hydrogens (tertiary/aromatic N) is 1. The smallest absolute Gasteiger partial charge is 0.239 e. The maximum Gasteiger partial charge on any atom is 0.239 e. The van der Waals surface area contributed by atoms with Crippen LogP contribution in [0.3, 0.4) is 0 Å². The fourth-order valence-electron chi connectivity index (χ4n) is 3.36. The number of hydrogen-bond donors (Lipinski definition) is 2. The first-order chi connectivity index (χ1) is 11.8. The van der Waals surface area contributed by atoms with Gasteiger partial charge in [-0.25, -0.2) is 0 Å². The van der Waals surface area contributed by atoms with E-state index in [0.29, 0.717) is 19.7 Å². The topological polar surface area (TPSA) is 62.8 Å². The summed E-state index contributed by atoms with van der Waals surface area (Å²) in [6.07, 6.45) is -0.0997. The molecule has 0 aromatic heterocycles. The van der Waals surface area contributed by atoms with Gasteiger partial charge in [-0.1, -0.05) is 30.3 Å². The highest BCUT2D eigenvalue weighted by molar-refractivity contribution is 5.85. The molecule has 8 heteroatoms. The summed E-state index contributed by atoms with van der Waals surface area (Å²) < 4.78 is 11.0. The fourth-order valence-corrected chi connectivity index (χ4v) is 3.36. The number of ether oxygens (including phenoxy) is 2. The van der Waals surface area contributed by atoms with Gasteiger partial charge in [0.2, 0.25) is 5.91 Å². The Balaban J connectivity index is 0.00000169. The molecule has 0 spiro atoms. The molecule has 3 rings (SSSR count). The van der Waals surface area contributed by atoms with Crippen LogP contribution >= 0.6 is 24.8 Å². The Morgan fingerprint density at radius 1 is 1.23 bits per heavy atom. The number of carbonyl (C=O) groups is 1. The third-order valence-electron chi connectivity index (χ3n) is 4.74. The van der Waals surface area contributed by atoms with Crippen LogP contribution in [0.2, 0.25) is 0 Å². The summed E-state index contributed by atoms with van der Waals surface area (Å²) in [5.41, 5.74) is 1.22. The normalized spacial score (nSPS) is 24.7. The summed E-state index contributed by atoms with van der Waals surface area (Å²) >= 11 is 0. The summed E-state index contributed by atoms with van der Waals surface area (Å²) in [5, 5.41) is 6.36.